The molecule has 1 aromatic heterocycles. The van der Waals surface area contributed by atoms with Crippen LogP contribution in [0.1, 0.15) is 16.8 Å². The van der Waals surface area contributed by atoms with Crippen LogP contribution in [0.2, 0.25) is 0 Å². The summed E-state index contributed by atoms with van der Waals surface area (Å²) in [6.07, 6.45) is -3.57. The van der Waals surface area contributed by atoms with Gasteiger partial charge in [0.25, 0.3) is 5.56 Å². The first-order valence-corrected chi connectivity index (χ1v) is 6.10. The fraction of sp³-hybridized carbons (Fsp3) is 0.167. The molecule has 0 aliphatic carbocycles. The molecule has 5 nitrogen and oxygen atoms in total. The molecule has 2 rings (SSSR count). The molecule has 9 heteroatoms. The maximum Gasteiger partial charge on any atom is 0.417 e. The summed E-state index contributed by atoms with van der Waals surface area (Å²) in [5.41, 5.74) is -1.51. The predicted molar refractivity (Wildman–Crippen MR) is 72.9 cm³/mol. The molecule has 1 N–H and O–H groups in total. The minimum absolute atomic E-state index is 0.102. The zero-order valence-electron chi connectivity index (χ0n) is 10.7. The van der Waals surface area contributed by atoms with Crippen LogP contribution in [-0.2, 0) is 6.18 Å². The Labute approximate surface area is 121 Å². The third kappa shape index (κ3) is 3.24. The van der Waals surface area contributed by atoms with Crippen LogP contribution in [0.15, 0.2) is 34.2 Å². The van der Waals surface area contributed by atoms with Crippen LogP contribution in [0.5, 0.6) is 0 Å². The first-order chi connectivity index (χ1) is 9.80. The fourth-order valence-electron chi connectivity index (χ4n) is 1.56. The van der Waals surface area contributed by atoms with Crippen LogP contribution in [0.25, 0.3) is 0 Å². The van der Waals surface area contributed by atoms with Crippen molar-refractivity contribution in [1.82, 2.24) is 14.9 Å². The first-order valence-electron chi connectivity index (χ1n) is 5.69. The lowest BCUT2D eigenvalue weighted by Gasteiger charge is -2.09. The Bertz CT molecular complexity index is 807. The number of nitrogens with one attached hydrogen (secondary N) is 1. The van der Waals surface area contributed by atoms with Crippen molar-refractivity contribution in [3.05, 3.63) is 56.2 Å². The van der Waals surface area contributed by atoms with E-state index in [2.05, 4.69) is 15.3 Å². The molecule has 0 aliphatic rings. The number of nitrogens with zero attached hydrogens (tertiary/aromatic N) is 3. The molecule has 0 saturated carbocycles. The van der Waals surface area contributed by atoms with Gasteiger partial charge in [-0.25, -0.2) is 0 Å². The molecule has 0 unspecified atom stereocenters. The summed E-state index contributed by atoms with van der Waals surface area (Å²) < 4.78 is 39.2. The van der Waals surface area contributed by atoms with Crippen LogP contribution in [-0.4, -0.2) is 21.1 Å². The Morgan fingerprint density at radius 2 is 2.05 bits per heavy atom. The molecule has 1 heterocycles. The van der Waals surface area contributed by atoms with E-state index in [-0.39, 0.29) is 16.0 Å². The number of H-pyrrole nitrogens is 1. The zero-order chi connectivity index (χ0) is 15.6. The van der Waals surface area contributed by atoms with Gasteiger partial charge >= 0.3 is 6.18 Å². The number of aromatic nitrogens is 3. The van der Waals surface area contributed by atoms with Gasteiger partial charge in [0.05, 0.1) is 11.8 Å². The number of hydrogen-bond acceptors (Lipinski definition) is 4. The summed E-state index contributed by atoms with van der Waals surface area (Å²) in [5, 5.41) is 9.73. The van der Waals surface area contributed by atoms with Gasteiger partial charge < -0.3 is 0 Å². The molecule has 0 fully saturated rings. The van der Waals surface area contributed by atoms with E-state index < -0.39 is 17.3 Å². The molecule has 1 aromatic carbocycles. The molecule has 0 bridgehead atoms. The highest BCUT2D eigenvalue weighted by atomic mass is 32.1. The standard InChI is InChI=1S/C12H9F3N4OS/c1-7-10(20)19(11(21)18-17-7)16-6-8-4-2-3-5-9(8)12(13,14)15/h2-6H,1H3,(H,18,21). The van der Waals surface area contributed by atoms with E-state index in [1.807, 2.05) is 0 Å². The van der Waals surface area contributed by atoms with Gasteiger partial charge in [-0.3, -0.25) is 9.89 Å². The predicted octanol–water partition coefficient (Wildman–Crippen LogP) is 2.51. The molecule has 0 aliphatic heterocycles. The quantitative estimate of drug-likeness (QED) is 0.684. The van der Waals surface area contributed by atoms with Gasteiger partial charge in [0.15, 0.2) is 0 Å². The van der Waals surface area contributed by atoms with Crippen molar-refractivity contribution in [2.45, 2.75) is 13.1 Å². The highest BCUT2D eigenvalue weighted by molar-refractivity contribution is 7.71. The molecular weight excluding hydrogens is 305 g/mol. The van der Waals surface area contributed by atoms with E-state index in [0.717, 1.165) is 17.0 Å². The Hall–Kier alpha value is -2.29. The largest absolute Gasteiger partial charge is 0.417 e. The van der Waals surface area contributed by atoms with Crippen LogP contribution < -0.4 is 5.56 Å². The normalized spacial score (nSPS) is 12.0. The molecular formula is C12H9F3N4OS. The lowest BCUT2D eigenvalue weighted by atomic mass is 10.1. The summed E-state index contributed by atoms with van der Waals surface area (Å²) in [7, 11) is 0. The molecule has 0 atom stereocenters. The van der Waals surface area contributed by atoms with E-state index in [4.69, 9.17) is 12.2 Å². The van der Waals surface area contributed by atoms with E-state index in [1.54, 1.807) is 0 Å². The molecule has 0 saturated heterocycles. The molecule has 110 valence electrons. The summed E-state index contributed by atoms with van der Waals surface area (Å²) in [6.45, 7) is 1.43. The lowest BCUT2D eigenvalue weighted by molar-refractivity contribution is -0.137. The second-order valence-corrected chi connectivity index (χ2v) is 4.45. The van der Waals surface area contributed by atoms with Gasteiger partial charge in [0, 0.05) is 5.56 Å². The van der Waals surface area contributed by atoms with Crippen molar-refractivity contribution < 1.29 is 13.2 Å². The maximum absolute atomic E-state index is 12.8. The fourth-order valence-corrected chi connectivity index (χ4v) is 1.74. The third-order valence-electron chi connectivity index (χ3n) is 2.59. The summed E-state index contributed by atoms with van der Waals surface area (Å²) in [6, 6.07) is 4.90. The molecule has 0 spiro atoms. The minimum atomic E-state index is -4.51. The van der Waals surface area contributed by atoms with Gasteiger partial charge in [-0.2, -0.15) is 28.0 Å². The summed E-state index contributed by atoms with van der Waals surface area (Å²) in [4.78, 5) is 11.8. The number of aromatic amines is 1. The first kappa shape index (κ1) is 15.1. The number of rotatable bonds is 2. The van der Waals surface area contributed by atoms with Crippen LogP contribution in [0.3, 0.4) is 0 Å². The van der Waals surface area contributed by atoms with Gasteiger partial charge in [0.1, 0.15) is 5.69 Å². The lowest BCUT2D eigenvalue weighted by Crippen LogP contribution is -2.22. The van der Waals surface area contributed by atoms with Crippen molar-refractivity contribution >= 4 is 18.4 Å². The monoisotopic (exact) mass is 314 g/mol. The minimum Gasteiger partial charge on any atom is -0.265 e. The summed E-state index contributed by atoms with van der Waals surface area (Å²) >= 11 is 4.83. The Morgan fingerprint density at radius 1 is 1.38 bits per heavy atom. The molecule has 21 heavy (non-hydrogen) atoms. The molecule has 2 aromatic rings. The Kier molecular flexibility index (Phi) is 4.03. The number of aryl methyl sites for hydroxylation is 1. The zero-order valence-corrected chi connectivity index (χ0v) is 11.5. The number of hydrogen-bond donors (Lipinski definition) is 1. The smallest absolute Gasteiger partial charge is 0.265 e. The number of alkyl halides is 3. The SMILES string of the molecule is Cc1n[nH]c(=S)n(N=Cc2ccccc2C(F)(F)F)c1=O. The number of benzene rings is 1. The molecule has 0 amide bonds. The third-order valence-corrected chi connectivity index (χ3v) is 2.86. The van der Waals surface area contributed by atoms with Crippen molar-refractivity contribution in [2.24, 2.45) is 5.10 Å². The van der Waals surface area contributed by atoms with Gasteiger partial charge in [-0.1, -0.05) is 18.2 Å². The summed E-state index contributed by atoms with van der Waals surface area (Å²) in [5.74, 6) is 0. The average Bonchev–Trinajstić information content (AvgIpc) is 2.42. The highest BCUT2D eigenvalue weighted by Gasteiger charge is 2.32. The van der Waals surface area contributed by atoms with Gasteiger partial charge in [0.2, 0.25) is 4.77 Å². The van der Waals surface area contributed by atoms with E-state index in [1.165, 1.54) is 25.1 Å². The van der Waals surface area contributed by atoms with E-state index >= 15 is 0 Å². The highest BCUT2D eigenvalue weighted by Crippen LogP contribution is 2.31. The second-order valence-electron chi connectivity index (χ2n) is 4.06. The Balaban J connectivity index is 2.52. The van der Waals surface area contributed by atoms with Crippen LogP contribution in [0, 0.1) is 11.7 Å². The van der Waals surface area contributed by atoms with E-state index in [0.29, 0.717) is 0 Å². The maximum atomic E-state index is 12.8. The van der Waals surface area contributed by atoms with Crippen LogP contribution >= 0.6 is 12.2 Å². The van der Waals surface area contributed by atoms with Crippen molar-refractivity contribution in [3.63, 3.8) is 0 Å². The van der Waals surface area contributed by atoms with Gasteiger partial charge in [-0.15, -0.1) is 0 Å². The number of halogens is 3. The van der Waals surface area contributed by atoms with Crippen molar-refractivity contribution in [1.29, 1.82) is 0 Å². The molecule has 0 radical (unpaired) electrons. The average molecular weight is 314 g/mol. The van der Waals surface area contributed by atoms with Crippen molar-refractivity contribution in [3.8, 4) is 0 Å². The van der Waals surface area contributed by atoms with E-state index in [9.17, 15) is 18.0 Å². The topological polar surface area (TPSA) is 63.0 Å². The van der Waals surface area contributed by atoms with Crippen LogP contribution in [0.4, 0.5) is 13.2 Å². The van der Waals surface area contributed by atoms with Gasteiger partial charge in [-0.05, 0) is 25.2 Å². The Morgan fingerprint density at radius 3 is 2.71 bits per heavy atom. The second kappa shape index (κ2) is 5.60. The van der Waals surface area contributed by atoms with Crippen molar-refractivity contribution in [2.75, 3.05) is 0 Å².